The zero-order valence-corrected chi connectivity index (χ0v) is 19.3. The molecule has 0 spiro atoms. The minimum absolute atomic E-state index is 0.0784. The van der Waals surface area contributed by atoms with Crippen LogP contribution >= 0.6 is 0 Å². The van der Waals surface area contributed by atoms with Crippen molar-refractivity contribution in [1.82, 2.24) is 14.8 Å². The van der Waals surface area contributed by atoms with Crippen molar-refractivity contribution in [2.45, 2.75) is 45.8 Å². The largest absolute Gasteiger partial charge is 0.472 e. The molecular formula is C24H37N3O4. The molecule has 1 aromatic heterocycles. The summed E-state index contributed by atoms with van der Waals surface area (Å²) in [5.74, 6) is 0.977. The smallest absolute Gasteiger partial charge is 0.259 e. The third-order valence-corrected chi connectivity index (χ3v) is 6.30. The number of carbonyl (C=O) groups excluding carboxylic acids is 1. The fraction of sp³-hybridized carbons (Fsp3) is 0.667. The monoisotopic (exact) mass is 431 g/mol. The van der Waals surface area contributed by atoms with E-state index in [-0.39, 0.29) is 30.6 Å². The van der Waals surface area contributed by atoms with Crippen molar-refractivity contribution >= 4 is 12.0 Å². The first kappa shape index (κ1) is 23.7. The number of amides is 1. The number of allylic oxidation sites excluding steroid dienone is 1. The van der Waals surface area contributed by atoms with Gasteiger partial charge in [-0.05, 0) is 51.3 Å². The van der Waals surface area contributed by atoms with Gasteiger partial charge >= 0.3 is 0 Å². The van der Waals surface area contributed by atoms with E-state index < -0.39 is 0 Å². The molecule has 1 amide bonds. The summed E-state index contributed by atoms with van der Waals surface area (Å²) in [6.45, 7) is 9.82. The number of nitrogens with zero attached hydrogens (tertiary/aromatic N) is 3. The van der Waals surface area contributed by atoms with Gasteiger partial charge in [0.1, 0.15) is 11.7 Å². The lowest BCUT2D eigenvalue weighted by molar-refractivity contribution is 0.0254. The predicted molar refractivity (Wildman–Crippen MR) is 121 cm³/mol. The van der Waals surface area contributed by atoms with Crippen LogP contribution in [-0.4, -0.2) is 84.4 Å². The molecule has 31 heavy (non-hydrogen) atoms. The molecule has 3 heterocycles. The third kappa shape index (κ3) is 6.05. The molecule has 1 N–H and O–H groups in total. The van der Waals surface area contributed by atoms with Crippen LogP contribution in [0.3, 0.4) is 0 Å². The maximum Gasteiger partial charge on any atom is 0.259 e. The van der Waals surface area contributed by atoms with Crippen LogP contribution in [0, 0.1) is 11.8 Å². The van der Waals surface area contributed by atoms with Crippen molar-refractivity contribution in [2.75, 3.05) is 46.5 Å². The Morgan fingerprint density at radius 1 is 1.35 bits per heavy atom. The van der Waals surface area contributed by atoms with E-state index in [4.69, 9.17) is 9.47 Å². The fourth-order valence-electron chi connectivity index (χ4n) is 4.37. The van der Waals surface area contributed by atoms with Crippen LogP contribution in [0.4, 0.5) is 0 Å². The van der Waals surface area contributed by atoms with Crippen LogP contribution < -0.4 is 4.74 Å². The Labute approximate surface area is 186 Å². The van der Waals surface area contributed by atoms with Gasteiger partial charge in [-0.2, -0.15) is 0 Å². The maximum atomic E-state index is 13.3. The molecule has 0 saturated carbocycles. The van der Waals surface area contributed by atoms with Gasteiger partial charge in [0.2, 0.25) is 5.88 Å². The normalized spacial score (nSPS) is 24.1. The first-order chi connectivity index (χ1) is 14.9. The van der Waals surface area contributed by atoms with Gasteiger partial charge in [-0.3, -0.25) is 4.79 Å². The van der Waals surface area contributed by atoms with Gasteiger partial charge in [0.15, 0.2) is 0 Å². The molecule has 1 fully saturated rings. The maximum absolute atomic E-state index is 13.3. The molecule has 1 aromatic rings. The Balaban J connectivity index is 1.84. The van der Waals surface area contributed by atoms with E-state index in [0.29, 0.717) is 23.9 Å². The number of fused-ring (bicyclic) bond motifs is 1. The van der Waals surface area contributed by atoms with Gasteiger partial charge in [-0.25, -0.2) is 4.98 Å². The topological polar surface area (TPSA) is 75.1 Å². The highest BCUT2D eigenvalue weighted by atomic mass is 16.5. The third-order valence-electron chi connectivity index (χ3n) is 6.30. The lowest BCUT2D eigenvalue weighted by Crippen LogP contribution is -2.50. The minimum atomic E-state index is -0.271. The summed E-state index contributed by atoms with van der Waals surface area (Å²) < 4.78 is 11.8. The highest BCUT2D eigenvalue weighted by molar-refractivity contribution is 5.97. The first-order valence-corrected chi connectivity index (χ1v) is 11.4. The van der Waals surface area contributed by atoms with E-state index in [1.807, 2.05) is 32.1 Å². The summed E-state index contributed by atoms with van der Waals surface area (Å²) in [7, 11) is 2.13. The molecule has 0 radical (unpaired) electrons. The number of pyridine rings is 1. The summed E-state index contributed by atoms with van der Waals surface area (Å²) in [5, 5.41) is 9.76. The number of ether oxygens (including phenoxy) is 2. The number of carbonyl (C=O) groups is 1. The van der Waals surface area contributed by atoms with E-state index in [9.17, 15) is 9.90 Å². The van der Waals surface area contributed by atoms with Gasteiger partial charge in [0.25, 0.3) is 5.91 Å². The van der Waals surface area contributed by atoms with E-state index >= 15 is 0 Å². The van der Waals surface area contributed by atoms with E-state index in [2.05, 4.69) is 23.9 Å². The number of likely N-dealkylation sites (N-methyl/N-ethyl adjacent to an activating group) is 1. The van der Waals surface area contributed by atoms with Crippen molar-refractivity contribution in [3.05, 3.63) is 29.5 Å². The van der Waals surface area contributed by atoms with E-state index in [1.54, 1.807) is 11.1 Å². The Morgan fingerprint density at radius 3 is 2.77 bits per heavy atom. The molecule has 0 unspecified atom stereocenters. The second-order valence-electron chi connectivity index (χ2n) is 9.02. The Kier molecular flexibility index (Phi) is 8.46. The van der Waals surface area contributed by atoms with Crippen molar-refractivity contribution in [3.63, 3.8) is 0 Å². The van der Waals surface area contributed by atoms with Crippen molar-refractivity contribution in [1.29, 1.82) is 0 Å². The molecule has 0 aromatic carbocycles. The van der Waals surface area contributed by atoms with Crippen LogP contribution in [0.2, 0.25) is 0 Å². The van der Waals surface area contributed by atoms with Crippen LogP contribution in [0.15, 0.2) is 18.3 Å². The standard InChI is InChI=1S/C24H37N3O4/c1-5-6-20-11-21-23(25-12-20)31-22(15-26(4)14-19-7-9-30-10-8-19)17(2)13-27(24(21)29)18(3)16-28/h5-6,11-12,17-19,22,28H,7-10,13-16H2,1-4H3/b6-5+/t17-,18-,22+/m1/s1. The van der Waals surface area contributed by atoms with Crippen LogP contribution in [-0.2, 0) is 4.74 Å². The van der Waals surface area contributed by atoms with Gasteiger partial charge < -0.3 is 24.4 Å². The second kappa shape index (κ2) is 11.1. The molecule has 3 atom stereocenters. The molecule has 7 heteroatoms. The highest BCUT2D eigenvalue weighted by Gasteiger charge is 2.34. The van der Waals surface area contributed by atoms with Crippen LogP contribution in [0.1, 0.15) is 49.5 Å². The number of aliphatic hydroxyl groups excluding tert-OH is 1. The zero-order chi connectivity index (χ0) is 22.4. The number of rotatable bonds is 7. The lowest BCUT2D eigenvalue weighted by Gasteiger charge is -2.38. The zero-order valence-electron chi connectivity index (χ0n) is 19.3. The lowest BCUT2D eigenvalue weighted by atomic mass is 9.97. The Hall–Kier alpha value is -1.96. The molecular weight excluding hydrogens is 394 g/mol. The van der Waals surface area contributed by atoms with E-state index in [0.717, 1.165) is 44.7 Å². The summed E-state index contributed by atoms with van der Waals surface area (Å²) >= 11 is 0. The SMILES string of the molecule is C/C=C/c1cnc2c(c1)C(=O)N([C@H](C)CO)C[C@@H](C)[C@H](CN(C)CC1CCOCC1)O2. The quantitative estimate of drug-likeness (QED) is 0.716. The average Bonchev–Trinajstić information content (AvgIpc) is 2.77. The predicted octanol–water partition coefficient (Wildman–Crippen LogP) is 2.69. The Bertz CT molecular complexity index is 763. The molecule has 1 saturated heterocycles. The highest BCUT2D eigenvalue weighted by Crippen LogP contribution is 2.28. The van der Waals surface area contributed by atoms with Crippen LogP contribution in [0.25, 0.3) is 6.08 Å². The molecule has 2 aliphatic heterocycles. The summed E-state index contributed by atoms with van der Waals surface area (Å²) in [4.78, 5) is 21.9. The summed E-state index contributed by atoms with van der Waals surface area (Å²) in [5.41, 5.74) is 1.32. The number of aromatic nitrogens is 1. The van der Waals surface area contributed by atoms with Crippen molar-refractivity contribution < 1.29 is 19.4 Å². The molecule has 3 rings (SSSR count). The fourth-order valence-corrected chi connectivity index (χ4v) is 4.37. The number of hydrogen-bond acceptors (Lipinski definition) is 6. The van der Waals surface area contributed by atoms with Crippen molar-refractivity contribution in [2.24, 2.45) is 11.8 Å². The van der Waals surface area contributed by atoms with Gasteiger partial charge in [0, 0.05) is 45.0 Å². The minimum Gasteiger partial charge on any atom is -0.472 e. The molecule has 7 nitrogen and oxygen atoms in total. The van der Waals surface area contributed by atoms with Crippen molar-refractivity contribution in [3.8, 4) is 5.88 Å². The van der Waals surface area contributed by atoms with Gasteiger partial charge in [0.05, 0.1) is 12.6 Å². The molecule has 172 valence electrons. The summed E-state index contributed by atoms with van der Waals surface area (Å²) in [6.07, 6.45) is 7.66. The summed E-state index contributed by atoms with van der Waals surface area (Å²) in [6, 6.07) is 1.56. The van der Waals surface area contributed by atoms with Gasteiger partial charge in [-0.15, -0.1) is 0 Å². The number of hydrogen-bond donors (Lipinski definition) is 1. The second-order valence-corrected chi connectivity index (χ2v) is 9.02. The molecule has 0 aliphatic carbocycles. The first-order valence-electron chi connectivity index (χ1n) is 11.4. The van der Waals surface area contributed by atoms with Gasteiger partial charge in [-0.1, -0.05) is 19.1 Å². The molecule has 0 bridgehead atoms. The van der Waals surface area contributed by atoms with E-state index in [1.165, 1.54) is 0 Å². The van der Waals surface area contributed by atoms with Crippen LogP contribution in [0.5, 0.6) is 5.88 Å². The molecule has 2 aliphatic rings. The number of aliphatic hydroxyl groups is 1. The Morgan fingerprint density at radius 2 is 2.10 bits per heavy atom. The average molecular weight is 432 g/mol.